The normalized spacial score (nSPS) is 11.2. The highest BCUT2D eigenvalue weighted by atomic mass is 35.5. The molecule has 0 saturated carbocycles. The molecule has 126 valence electrons. The Balaban J connectivity index is 2.10. The number of halogens is 1. The Morgan fingerprint density at radius 2 is 2.00 bits per heavy atom. The van der Waals surface area contributed by atoms with Gasteiger partial charge in [-0.2, -0.15) is 5.10 Å². The minimum Gasteiger partial charge on any atom is -0.487 e. The van der Waals surface area contributed by atoms with Gasteiger partial charge in [-0.1, -0.05) is 23.7 Å². The van der Waals surface area contributed by atoms with E-state index >= 15 is 0 Å². The number of rotatable bonds is 7. The highest BCUT2D eigenvalue weighted by molar-refractivity contribution is 6.30. The summed E-state index contributed by atoms with van der Waals surface area (Å²) in [7, 11) is 0. The number of hydrogen-bond donors (Lipinski definition) is 1. The number of benzene rings is 2. The zero-order valence-corrected chi connectivity index (χ0v) is 14.2. The molecule has 0 bridgehead atoms. The molecule has 7 heteroatoms. The lowest BCUT2D eigenvalue weighted by molar-refractivity contribution is -0.385. The molecule has 6 nitrogen and oxygen atoms in total. The fourth-order valence-corrected chi connectivity index (χ4v) is 2.20. The molecule has 0 atom stereocenters. The maximum Gasteiger partial charge on any atom is 0.311 e. The van der Waals surface area contributed by atoms with E-state index < -0.39 is 4.92 Å². The maximum absolute atomic E-state index is 11.2. The minimum atomic E-state index is -0.455. The van der Waals surface area contributed by atoms with Crippen LogP contribution in [0.4, 0.5) is 5.69 Å². The van der Waals surface area contributed by atoms with E-state index in [0.717, 1.165) is 5.56 Å². The van der Waals surface area contributed by atoms with E-state index in [1.54, 1.807) is 26.0 Å². The Bertz CT molecular complexity index is 745. The molecule has 0 aromatic heterocycles. The van der Waals surface area contributed by atoms with Crippen molar-refractivity contribution in [2.45, 2.75) is 20.4 Å². The number of nitro benzene ring substituents is 1. The largest absolute Gasteiger partial charge is 0.487 e. The van der Waals surface area contributed by atoms with Crippen LogP contribution in [0.3, 0.4) is 0 Å². The molecule has 0 unspecified atom stereocenters. The molecule has 0 radical (unpaired) electrons. The maximum atomic E-state index is 11.2. The predicted octanol–water partition coefficient (Wildman–Crippen LogP) is 4.16. The Hall–Kier alpha value is -2.60. The van der Waals surface area contributed by atoms with Gasteiger partial charge in [-0.05, 0) is 43.7 Å². The smallest absolute Gasteiger partial charge is 0.311 e. The molecule has 2 aromatic carbocycles. The quantitative estimate of drug-likeness (QED) is 0.463. The fraction of sp³-hybridized carbons (Fsp3) is 0.235. The van der Waals surface area contributed by atoms with E-state index in [-0.39, 0.29) is 11.4 Å². The Morgan fingerprint density at radius 1 is 1.29 bits per heavy atom. The molecule has 0 heterocycles. The van der Waals surface area contributed by atoms with E-state index in [1.165, 1.54) is 6.07 Å². The molecule has 2 aromatic rings. The van der Waals surface area contributed by atoms with Crippen LogP contribution in [0.2, 0.25) is 5.02 Å². The van der Waals surface area contributed by atoms with Crippen LogP contribution < -0.4 is 10.2 Å². The first-order valence-corrected chi connectivity index (χ1v) is 7.82. The van der Waals surface area contributed by atoms with Gasteiger partial charge in [-0.25, -0.2) is 0 Å². The lowest BCUT2D eigenvalue weighted by atomic mass is 10.1. The first-order chi connectivity index (χ1) is 11.5. The average molecular weight is 348 g/mol. The summed E-state index contributed by atoms with van der Waals surface area (Å²) in [5.41, 5.74) is 5.23. The van der Waals surface area contributed by atoms with Crippen molar-refractivity contribution in [2.24, 2.45) is 5.10 Å². The molecule has 0 saturated heterocycles. The summed E-state index contributed by atoms with van der Waals surface area (Å²) in [5, 5.41) is 16.1. The van der Waals surface area contributed by atoms with E-state index in [1.807, 2.05) is 24.3 Å². The summed E-state index contributed by atoms with van der Waals surface area (Å²) >= 11 is 5.84. The monoisotopic (exact) mass is 347 g/mol. The third-order valence-electron chi connectivity index (χ3n) is 3.32. The number of nitrogens with one attached hydrogen (secondary N) is 1. The van der Waals surface area contributed by atoms with Gasteiger partial charge in [0.25, 0.3) is 0 Å². The van der Waals surface area contributed by atoms with Crippen LogP contribution in [0, 0.1) is 10.1 Å². The van der Waals surface area contributed by atoms with E-state index in [9.17, 15) is 10.1 Å². The summed E-state index contributed by atoms with van der Waals surface area (Å²) < 4.78 is 5.27. The van der Waals surface area contributed by atoms with Crippen molar-refractivity contribution in [2.75, 3.05) is 6.61 Å². The van der Waals surface area contributed by atoms with Crippen LogP contribution >= 0.6 is 11.6 Å². The molecule has 0 fully saturated rings. The topological polar surface area (TPSA) is 76.8 Å². The Morgan fingerprint density at radius 3 is 2.62 bits per heavy atom. The molecule has 0 spiro atoms. The van der Waals surface area contributed by atoms with Gasteiger partial charge < -0.3 is 10.2 Å². The highest BCUT2D eigenvalue weighted by Crippen LogP contribution is 2.28. The van der Waals surface area contributed by atoms with Gasteiger partial charge in [0.05, 0.1) is 23.8 Å². The second-order valence-corrected chi connectivity index (χ2v) is 5.47. The summed E-state index contributed by atoms with van der Waals surface area (Å²) in [5.74, 6) is 0.258. The van der Waals surface area contributed by atoms with E-state index in [4.69, 9.17) is 16.3 Å². The van der Waals surface area contributed by atoms with Crippen LogP contribution in [0.1, 0.15) is 25.0 Å². The van der Waals surface area contributed by atoms with Gasteiger partial charge in [0.1, 0.15) is 0 Å². The average Bonchev–Trinajstić information content (AvgIpc) is 2.57. The number of ether oxygens (including phenoxy) is 1. The van der Waals surface area contributed by atoms with Crippen molar-refractivity contribution in [3.05, 3.63) is 68.7 Å². The summed E-state index contributed by atoms with van der Waals surface area (Å²) in [4.78, 5) is 10.7. The Kier molecular flexibility index (Phi) is 6.14. The molecule has 1 N–H and O–H groups in total. The minimum absolute atomic E-state index is 0.0680. The van der Waals surface area contributed by atoms with Crippen LogP contribution in [-0.4, -0.2) is 17.2 Å². The van der Waals surface area contributed by atoms with Crippen LogP contribution in [0.5, 0.6) is 5.75 Å². The number of nitro groups is 1. The van der Waals surface area contributed by atoms with Crippen molar-refractivity contribution in [3.8, 4) is 5.75 Å². The van der Waals surface area contributed by atoms with Gasteiger partial charge in [-0.3, -0.25) is 10.1 Å². The predicted molar refractivity (Wildman–Crippen MR) is 94.8 cm³/mol. The van der Waals surface area contributed by atoms with Crippen molar-refractivity contribution in [1.29, 1.82) is 0 Å². The zero-order valence-electron chi connectivity index (χ0n) is 13.5. The molecule has 0 aliphatic carbocycles. The van der Waals surface area contributed by atoms with Gasteiger partial charge in [0, 0.05) is 16.7 Å². The van der Waals surface area contributed by atoms with Gasteiger partial charge in [0.15, 0.2) is 5.75 Å². The number of hydrogen-bond acceptors (Lipinski definition) is 5. The zero-order chi connectivity index (χ0) is 17.5. The number of nitrogens with zero attached hydrogens (tertiary/aromatic N) is 2. The van der Waals surface area contributed by atoms with Gasteiger partial charge in [-0.15, -0.1) is 0 Å². The van der Waals surface area contributed by atoms with Crippen molar-refractivity contribution < 1.29 is 9.66 Å². The summed E-state index contributed by atoms with van der Waals surface area (Å²) in [6.45, 7) is 4.48. The fourth-order valence-electron chi connectivity index (χ4n) is 2.08. The second-order valence-electron chi connectivity index (χ2n) is 5.03. The van der Waals surface area contributed by atoms with Crippen LogP contribution in [-0.2, 0) is 6.54 Å². The SMILES string of the molecule is CCOc1ccc(/C(C)=N\NCc2ccc(Cl)cc2)cc1[N+](=O)[O-]. The third-order valence-corrected chi connectivity index (χ3v) is 3.57. The van der Waals surface area contributed by atoms with Gasteiger partial charge >= 0.3 is 5.69 Å². The van der Waals surface area contributed by atoms with Crippen molar-refractivity contribution in [1.82, 2.24) is 5.43 Å². The van der Waals surface area contributed by atoms with Crippen LogP contribution in [0.15, 0.2) is 47.6 Å². The molecular formula is C17H18ClN3O3. The summed E-state index contributed by atoms with van der Waals surface area (Å²) in [6.07, 6.45) is 0. The van der Waals surface area contributed by atoms with E-state index in [0.29, 0.717) is 29.4 Å². The first-order valence-electron chi connectivity index (χ1n) is 7.44. The highest BCUT2D eigenvalue weighted by Gasteiger charge is 2.16. The third kappa shape index (κ3) is 4.70. The molecular weight excluding hydrogens is 330 g/mol. The van der Waals surface area contributed by atoms with E-state index in [2.05, 4.69) is 10.5 Å². The second kappa shape index (κ2) is 8.31. The lowest BCUT2D eigenvalue weighted by Crippen LogP contribution is -2.09. The molecule has 24 heavy (non-hydrogen) atoms. The summed E-state index contributed by atoms with van der Waals surface area (Å²) in [6, 6.07) is 12.2. The number of hydrazone groups is 1. The van der Waals surface area contributed by atoms with Crippen LogP contribution in [0.25, 0.3) is 0 Å². The lowest BCUT2D eigenvalue weighted by Gasteiger charge is -2.07. The Labute approximate surface area is 145 Å². The molecule has 0 aliphatic heterocycles. The molecule has 0 amide bonds. The molecule has 0 aliphatic rings. The van der Waals surface area contributed by atoms with Crippen molar-refractivity contribution >= 4 is 23.0 Å². The van der Waals surface area contributed by atoms with Gasteiger partial charge in [0.2, 0.25) is 0 Å². The van der Waals surface area contributed by atoms with Crippen molar-refractivity contribution in [3.63, 3.8) is 0 Å². The first kappa shape index (κ1) is 17.7. The molecule has 2 rings (SSSR count). The standard InChI is InChI=1S/C17H18ClN3O3/c1-3-24-17-9-6-14(10-16(17)21(22)23)12(2)20-19-11-13-4-7-15(18)8-5-13/h4-10,19H,3,11H2,1-2H3/b20-12-.